The molecule has 0 fully saturated rings. The molecule has 0 bridgehead atoms. The van der Waals surface area contributed by atoms with Crippen LogP contribution in [-0.2, 0) is 4.74 Å². The minimum absolute atomic E-state index is 0.0430. The predicted octanol–water partition coefficient (Wildman–Crippen LogP) is 4.83. The average molecular weight is 369 g/mol. The number of benzene rings is 2. The van der Waals surface area contributed by atoms with Crippen LogP contribution < -0.4 is 0 Å². The Morgan fingerprint density at radius 2 is 1.58 bits per heavy atom. The van der Waals surface area contributed by atoms with Crippen LogP contribution in [0.3, 0.4) is 0 Å². The maximum Gasteiger partial charge on any atom is 0.343 e. The van der Waals surface area contributed by atoms with E-state index in [0.717, 1.165) is 11.1 Å². The number of aliphatic imine (C=N–C) groups is 1. The molecule has 1 aromatic heterocycles. The normalized spacial score (nSPS) is 10.3. The van der Waals surface area contributed by atoms with E-state index in [0.29, 0.717) is 5.71 Å². The van der Waals surface area contributed by atoms with Crippen molar-refractivity contribution >= 4 is 29.0 Å². The monoisotopic (exact) mass is 368 g/mol. The molecule has 0 unspecified atom stereocenters. The Labute approximate surface area is 154 Å². The van der Waals surface area contributed by atoms with Crippen molar-refractivity contribution in [2.45, 2.75) is 0 Å². The van der Waals surface area contributed by atoms with E-state index in [1.54, 1.807) is 0 Å². The summed E-state index contributed by atoms with van der Waals surface area (Å²) in [6, 6.07) is 18.8. The summed E-state index contributed by atoms with van der Waals surface area (Å²) in [5.41, 5.74) is 1.88. The molecule has 0 aliphatic rings. The summed E-state index contributed by atoms with van der Waals surface area (Å²) in [6.45, 7) is 0. The number of hydrogen-bond donors (Lipinski definition) is 0. The van der Waals surface area contributed by atoms with Crippen LogP contribution in [0, 0.1) is 5.82 Å². The Balaban J connectivity index is 2.25. The second kappa shape index (κ2) is 7.89. The average Bonchev–Trinajstić information content (AvgIpc) is 2.69. The van der Waals surface area contributed by atoms with Gasteiger partial charge in [0.05, 0.1) is 24.7 Å². The van der Waals surface area contributed by atoms with Crippen LogP contribution in [0.4, 0.5) is 10.1 Å². The Morgan fingerprint density at radius 3 is 2.08 bits per heavy atom. The number of esters is 1. The molecule has 0 atom stereocenters. The molecule has 4 nitrogen and oxygen atoms in total. The zero-order valence-corrected chi connectivity index (χ0v) is 14.6. The maximum atomic E-state index is 14.4. The molecule has 0 aliphatic carbocycles. The van der Waals surface area contributed by atoms with E-state index < -0.39 is 16.9 Å². The summed E-state index contributed by atoms with van der Waals surface area (Å²) in [7, 11) is 1.17. The van der Waals surface area contributed by atoms with Crippen LogP contribution in [0.5, 0.6) is 0 Å². The first-order valence-corrected chi connectivity index (χ1v) is 8.11. The first-order chi connectivity index (χ1) is 12.6. The number of hydrogen-bond acceptors (Lipinski definition) is 4. The molecule has 2 aromatic carbocycles. The Morgan fingerprint density at radius 1 is 1.04 bits per heavy atom. The topological polar surface area (TPSA) is 51.5 Å². The van der Waals surface area contributed by atoms with Gasteiger partial charge >= 0.3 is 5.97 Å². The fourth-order valence-corrected chi connectivity index (χ4v) is 2.59. The highest BCUT2D eigenvalue weighted by molar-refractivity contribution is 6.30. The van der Waals surface area contributed by atoms with Gasteiger partial charge in [-0.25, -0.2) is 19.2 Å². The molecule has 0 N–H and O–H groups in total. The van der Waals surface area contributed by atoms with Crippen molar-refractivity contribution in [3.05, 3.63) is 94.5 Å². The minimum atomic E-state index is -0.958. The van der Waals surface area contributed by atoms with E-state index in [9.17, 15) is 9.18 Å². The molecule has 0 saturated carbocycles. The fourth-order valence-electron chi connectivity index (χ4n) is 2.44. The molecular weight excluding hydrogens is 355 g/mol. The highest BCUT2D eigenvalue weighted by Gasteiger charge is 2.22. The molecule has 130 valence electrons. The van der Waals surface area contributed by atoms with Crippen molar-refractivity contribution in [3.63, 3.8) is 0 Å². The second-order valence-electron chi connectivity index (χ2n) is 5.31. The third-order valence-corrected chi connectivity index (χ3v) is 3.94. The molecule has 26 heavy (non-hydrogen) atoms. The number of nitrogens with zero attached hydrogens (tertiary/aromatic N) is 2. The molecule has 3 rings (SSSR count). The fraction of sp³-hybridized carbons (Fsp3) is 0.0500. The van der Waals surface area contributed by atoms with Crippen LogP contribution in [-0.4, -0.2) is 23.8 Å². The lowest BCUT2D eigenvalue weighted by Crippen LogP contribution is -2.08. The van der Waals surface area contributed by atoms with Crippen molar-refractivity contribution in [2.24, 2.45) is 4.99 Å². The molecule has 0 saturated heterocycles. The van der Waals surface area contributed by atoms with E-state index in [1.165, 1.54) is 13.3 Å². The summed E-state index contributed by atoms with van der Waals surface area (Å²) in [5.74, 6) is -1.83. The van der Waals surface area contributed by atoms with Gasteiger partial charge in [0.2, 0.25) is 0 Å². The van der Waals surface area contributed by atoms with Gasteiger partial charge in [-0.2, -0.15) is 0 Å². The molecule has 0 radical (unpaired) electrons. The van der Waals surface area contributed by atoms with Crippen molar-refractivity contribution in [1.29, 1.82) is 0 Å². The highest BCUT2D eigenvalue weighted by Crippen LogP contribution is 2.28. The Hall–Kier alpha value is -3.05. The number of carbonyl (C=O) groups is 1. The van der Waals surface area contributed by atoms with Crippen LogP contribution >= 0.6 is 11.6 Å². The van der Waals surface area contributed by atoms with Gasteiger partial charge in [-0.3, -0.25) is 0 Å². The van der Waals surface area contributed by atoms with Crippen LogP contribution in [0.15, 0.2) is 71.9 Å². The number of carbonyl (C=O) groups excluding carboxylic acids is 1. The smallest absolute Gasteiger partial charge is 0.343 e. The van der Waals surface area contributed by atoms with Gasteiger partial charge < -0.3 is 4.74 Å². The van der Waals surface area contributed by atoms with Gasteiger partial charge in [-0.1, -0.05) is 72.3 Å². The third kappa shape index (κ3) is 3.63. The van der Waals surface area contributed by atoms with E-state index in [4.69, 9.17) is 11.6 Å². The van der Waals surface area contributed by atoms with Crippen molar-refractivity contribution in [3.8, 4) is 0 Å². The van der Waals surface area contributed by atoms with Crippen LogP contribution in [0.25, 0.3) is 0 Å². The van der Waals surface area contributed by atoms with E-state index >= 15 is 0 Å². The van der Waals surface area contributed by atoms with Crippen LogP contribution in [0.2, 0.25) is 5.15 Å². The van der Waals surface area contributed by atoms with E-state index in [1.807, 2.05) is 60.7 Å². The molecule has 0 spiro atoms. The van der Waals surface area contributed by atoms with E-state index in [-0.39, 0.29) is 11.3 Å². The number of aromatic nitrogens is 1. The standard InChI is InChI=1S/C20H14ClFN2O2/c1-26-20(25)16-15(12-23-19(21)17(16)22)24-18(13-8-4-2-5-9-13)14-10-6-3-7-11-14/h2-12H,1H3. The van der Waals surface area contributed by atoms with Gasteiger partial charge in [-0.05, 0) is 0 Å². The molecule has 0 aliphatic heterocycles. The van der Waals surface area contributed by atoms with Crippen molar-refractivity contribution in [1.82, 2.24) is 4.98 Å². The van der Waals surface area contributed by atoms with Gasteiger partial charge in [0.25, 0.3) is 0 Å². The summed E-state index contributed by atoms with van der Waals surface area (Å²) in [6.07, 6.45) is 1.25. The first-order valence-electron chi connectivity index (χ1n) is 7.73. The first kappa shape index (κ1) is 17.8. The SMILES string of the molecule is COC(=O)c1c(N=C(c2ccccc2)c2ccccc2)cnc(Cl)c1F. The third-order valence-electron chi connectivity index (χ3n) is 3.67. The van der Waals surface area contributed by atoms with Crippen LogP contribution in [0.1, 0.15) is 21.5 Å². The van der Waals surface area contributed by atoms with Gasteiger partial charge in [0, 0.05) is 11.1 Å². The lowest BCUT2D eigenvalue weighted by molar-refractivity contribution is 0.0596. The summed E-state index contributed by atoms with van der Waals surface area (Å²) >= 11 is 5.72. The second-order valence-corrected chi connectivity index (χ2v) is 5.67. The lowest BCUT2D eigenvalue weighted by atomic mass is 10.0. The lowest BCUT2D eigenvalue weighted by Gasteiger charge is -2.10. The predicted molar refractivity (Wildman–Crippen MR) is 98.7 cm³/mol. The molecule has 1 heterocycles. The van der Waals surface area contributed by atoms with Gasteiger partial charge in [0.15, 0.2) is 11.0 Å². The largest absolute Gasteiger partial charge is 0.465 e. The van der Waals surface area contributed by atoms with E-state index in [2.05, 4.69) is 14.7 Å². The zero-order chi connectivity index (χ0) is 18.5. The number of halogens is 2. The minimum Gasteiger partial charge on any atom is -0.465 e. The Kier molecular flexibility index (Phi) is 5.39. The maximum absolute atomic E-state index is 14.4. The van der Waals surface area contributed by atoms with Gasteiger partial charge in [-0.15, -0.1) is 0 Å². The molecule has 0 amide bonds. The highest BCUT2D eigenvalue weighted by atomic mass is 35.5. The number of pyridine rings is 1. The Bertz CT molecular complexity index is 919. The zero-order valence-electron chi connectivity index (χ0n) is 13.8. The van der Waals surface area contributed by atoms with Crippen molar-refractivity contribution < 1.29 is 13.9 Å². The number of methoxy groups -OCH3 is 1. The summed E-state index contributed by atoms with van der Waals surface area (Å²) in [5, 5.41) is -0.412. The number of rotatable bonds is 4. The van der Waals surface area contributed by atoms with Gasteiger partial charge in [0.1, 0.15) is 5.56 Å². The molecule has 6 heteroatoms. The quantitative estimate of drug-likeness (QED) is 0.376. The summed E-state index contributed by atoms with van der Waals surface area (Å²) in [4.78, 5) is 20.3. The molecular formula is C20H14ClFN2O2. The van der Waals surface area contributed by atoms with Crippen molar-refractivity contribution in [2.75, 3.05) is 7.11 Å². The summed E-state index contributed by atoms with van der Waals surface area (Å²) < 4.78 is 19.1. The molecule has 3 aromatic rings. The number of ether oxygens (including phenoxy) is 1.